The van der Waals surface area contributed by atoms with E-state index >= 15 is 0 Å². The molecule has 32 heavy (non-hydrogen) atoms. The molecule has 0 bridgehead atoms. The average molecular weight is 510 g/mol. The summed E-state index contributed by atoms with van der Waals surface area (Å²) in [6.07, 6.45) is 3.89. The highest BCUT2D eigenvalue weighted by atomic mass is 79.9. The molecule has 11 heteroatoms. The van der Waals surface area contributed by atoms with Crippen LogP contribution >= 0.6 is 15.9 Å². The van der Waals surface area contributed by atoms with Gasteiger partial charge in [0.25, 0.3) is 0 Å². The molecule has 2 aromatic heterocycles. The van der Waals surface area contributed by atoms with Crippen LogP contribution in [0.15, 0.2) is 35.1 Å². The minimum absolute atomic E-state index is 0.0132. The molecular formula is C21H22BrF2N5O3. The number of benzene rings is 1. The van der Waals surface area contributed by atoms with Crippen molar-refractivity contribution in [2.24, 2.45) is 0 Å². The molecule has 0 saturated carbocycles. The molecule has 1 saturated heterocycles. The fraction of sp³-hybridized carbons (Fsp3) is 0.333. The number of carbonyl (C=O) groups excluding carboxylic acids is 1. The third kappa shape index (κ3) is 5.34. The number of nitrogens with zero attached hydrogens (tertiary/aromatic N) is 2. The Morgan fingerprint density at radius 1 is 1.28 bits per heavy atom. The van der Waals surface area contributed by atoms with Crippen molar-refractivity contribution in [2.45, 2.75) is 6.42 Å². The van der Waals surface area contributed by atoms with Crippen molar-refractivity contribution in [1.29, 1.82) is 0 Å². The van der Waals surface area contributed by atoms with Crippen molar-refractivity contribution < 1.29 is 23.0 Å². The van der Waals surface area contributed by atoms with E-state index in [0.29, 0.717) is 22.1 Å². The highest BCUT2D eigenvalue weighted by Crippen LogP contribution is 2.36. The van der Waals surface area contributed by atoms with Crippen molar-refractivity contribution in [3.63, 3.8) is 0 Å². The maximum absolute atomic E-state index is 14.6. The summed E-state index contributed by atoms with van der Waals surface area (Å²) < 4.78 is 40.7. The van der Waals surface area contributed by atoms with E-state index in [0.717, 1.165) is 51.4 Å². The zero-order chi connectivity index (χ0) is 22.5. The number of aromatic nitrogens is 2. The summed E-state index contributed by atoms with van der Waals surface area (Å²) in [6, 6.07) is 3.00. The molecule has 0 unspecified atom stereocenters. The minimum Gasteiger partial charge on any atom is -0.450 e. The summed E-state index contributed by atoms with van der Waals surface area (Å²) in [7, 11) is 0. The summed E-state index contributed by atoms with van der Waals surface area (Å²) in [4.78, 5) is 21.4. The third-order valence-electron chi connectivity index (χ3n) is 5.00. The Hall–Kier alpha value is -2.76. The second-order valence-corrected chi connectivity index (χ2v) is 8.08. The lowest BCUT2D eigenvalue weighted by molar-refractivity contribution is 0.0375. The van der Waals surface area contributed by atoms with E-state index in [2.05, 4.69) is 41.4 Å². The lowest BCUT2D eigenvalue weighted by atomic mass is 10.2. The molecule has 2 amide bonds. The maximum atomic E-state index is 14.6. The van der Waals surface area contributed by atoms with E-state index in [1.165, 1.54) is 12.3 Å². The lowest BCUT2D eigenvalue weighted by Crippen LogP contribution is -2.38. The number of hydrogen-bond donors (Lipinski definition) is 3. The van der Waals surface area contributed by atoms with Crippen LogP contribution in [0.3, 0.4) is 0 Å². The summed E-state index contributed by atoms with van der Waals surface area (Å²) in [6.45, 7) is 4.49. The molecule has 1 aliphatic rings. The Morgan fingerprint density at radius 3 is 2.78 bits per heavy atom. The topological polar surface area (TPSA) is 91.5 Å². The van der Waals surface area contributed by atoms with Gasteiger partial charge in [-0.05, 0) is 35.0 Å². The van der Waals surface area contributed by atoms with Gasteiger partial charge in [0, 0.05) is 54.3 Å². The van der Waals surface area contributed by atoms with Gasteiger partial charge in [-0.25, -0.2) is 18.6 Å². The Bertz CT molecular complexity index is 1080. The predicted molar refractivity (Wildman–Crippen MR) is 119 cm³/mol. The van der Waals surface area contributed by atoms with Gasteiger partial charge in [-0.1, -0.05) is 0 Å². The van der Waals surface area contributed by atoms with E-state index < -0.39 is 23.4 Å². The van der Waals surface area contributed by atoms with E-state index in [4.69, 9.17) is 9.47 Å². The van der Waals surface area contributed by atoms with Crippen LogP contribution < -0.4 is 15.4 Å². The summed E-state index contributed by atoms with van der Waals surface area (Å²) in [5.41, 5.74) is 0.500. The van der Waals surface area contributed by atoms with Crippen LogP contribution in [0.2, 0.25) is 0 Å². The molecule has 3 aromatic rings. The third-order valence-corrected chi connectivity index (χ3v) is 5.62. The summed E-state index contributed by atoms with van der Waals surface area (Å²) in [5.74, 6) is -2.21. The van der Waals surface area contributed by atoms with Gasteiger partial charge >= 0.3 is 6.03 Å². The minimum atomic E-state index is -0.941. The number of carbonyl (C=O) groups is 1. The van der Waals surface area contributed by atoms with Gasteiger partial charge in [0.05, 0.1) is 18.6 Å². The number of morpholine rings is 1. The fourth-order valence-electron chi connectivity index (χ4n) is 3.42. The van der Waals surface area contributed by atoms with E-state index in [1.54, 1.807) is 6.20 Å². The first-order valence-electron chi connectivity index (χ1n) is 10.1. The molecule has 8 nitrogen and oxygen atoms in total. The Balaban J connectivity index is 1.35. The Labute approximate surface area is 191 Å². The number of ether oxygens (including phenoxy) is 2. The normalized spacial score (nSPS) is 14.5. The van der Waals surface area contributed by atoms with Gasteiger partial charge in [-0.15, -0.1) is 0 Å². The quantitative estimate of drug-likeness (QED) is 0.414. The first-order valence-corrected chi connectivity index (χ1v) is 10.9. The van der Waals surface area contributed by atoms with Gasteiger partial charge in [-0.3, -0.25) is 4.90 Å². The van der Waals surface area contributed by atoms with Crippen molar-refractivity contribution >= 4 is 38.7 Å². The molecule has 0 spiro atoms. The fourth-order valence-corrected chi connectivity index (χ4v) is 3.92. The number of urea groups is 1. The molecule has 3 heterocycles. The highest BCUT2D eigenvalue weighted by molar-refractivity contribution is 9.10. The molecule has 1 fully saturated rings. The number of halogens is 3. The monoisotopic (exact) mass is 509 g/mol. The largest absolute Gasteiger partial charge is 0.450 e. The Morgan fingerprint density at radius 2 is 2.03 bits per heavy atom. The van der Waals surface area contributed by atoms with Gasteiger partial charge in [0.2, 0.25) is 0 Å². The van der Waals surface area contributed by atoms with Crippen molar-refractivity contribution in [2.75, 3.05) is 44.7 Å². The first kappa shape index (κ1) is 22.4. The average Bonchev–Trinajstić information content (AvgIpc) is 3.16. The lowest BCUT2D eigenvalue weighted by Gasteiger charge is -2.26. The van der Waals surface area contributed by atoms with Crippen molar-refractivity contribution in [3.8, 4) is 11.5 Å². The molecule has 0 aliphatic carbocycles. The molecule has 170 valence electrons. The molecule has 1 aliphatic heterocycles. The number of pyridine rings is 1. The number of nitrogens with one attached hydrogen (secondary N) is 3. The van der Waals surface area contributed by atoms with Crippen LogP contribution in [-0.4, -0.2) is 60.3 Å². The zero-order valence-corrected chi connectivity index (χ0v) is 18.7. The molecular weight excluding hydrogens is 488 g/mol. The second kappa shape index (κ2) is 10.2. The van der Waals surface area contributed by atoms with E-state index in [1.807, 2.05) is 0 Å². The highest BCUT2D eigenvalue weighted by Gasteiger charge is 2.18. The number of amides is 2. The van der Waals surface area contributed by atoms with Crippen molar-refractivity contribution in [3.05, 3.63) is 46.7 Å². The van der Waals surface area contributed by atoms with Crippen LogP contribution in [0.1, 0.15) is 6.42 Å². The molecule has 0 atom stereocenters. The number of H-pyrrole nitrogens is 1. The smallest absolute Gasteiger partial charge is 0.319 e. The molecule has 4 rings (SSSR count). The van der Waals surface area contributed by atoms with Gasteiger partial charge in [-0.2, -0.15) is 0 Å². The molecule has 1 aromatic carbocycles. The van der Waals surface area contributed by atoms with E-state index in [-0.39, 0.29) is 11.4 Å². The van der Waals surface area contributed by atoms with Gasteiger partial charge in [0.1, 0.15) is 11.4 Å². The SMILES string of the molecule is O=C(NCCCN1CCOCC1)Nc1cc(F)c(Oc2ccnc3[nH]cc(Br)c23)c(F)c1. The van der Waals surface area contributed by atoms with Crippen LogP contribution in [0.4, 0.5) is 19.3 Å². The maximum Gasteiger partial charge on any atom is 0.319 e. The van der Waals surface area contributed by atoms with Crippen LogP contribution in [0.5, 0.6) is 11.5 Å². The van der Waals surface area contributed by atoms with Gasteiger partial charge < -0.3 is 25.1 Å². The molecule has 3 N–H and O–H groups in total. The van der Waals surface area contributed by atoms with Crippen molar-refractivity contribution in [1.82, 2.24) is 20.2 Å². The van der Waals surface area contributed by atoms with Crippen LogP contribution in [0, 0.1) is 11.6 Å². The number of anilines is 1. The summed E-state index contributed by atoms with van der Waals surface area (Å²) in [5, 5.41) is 5.69. The van der Waals surface area contributed by atoms with Crippen LogP contribution in [0.25, 0.3) is 11.0 Å². The number of fused-ring (bicyclic) bond motifs is 1. The number of rotatable bonds is 7. The second-order valence-electron chi connectivity index (χ2n) is 7.23. The van der Waals surface area contributed by atoms with Gasteiger partial charge in [0.15, 0.2) is 17.4 Å². The summed E-state index contributed by atoms with van der Waals surface area (Å²) >= 11 is 3.35. The first-order chi connectivity index (χ1) is 15.5. The Kier molecular flexibility index (Phi) is 7.18. The number of hydrogen-bond acceptors (Lipinski definition) is 5. The van der Waals surface area contributed by atoms with Crippen LogP contribution in [-0.2, 0) is 4.74 Å². The van der Waals surface area contributed by atoms with E-state index in [9.17, 15) is 13.6 Å². The zero-order valence-electron chi connectivity index (χ0n) is 17.1. The molecule has 0 radical (unpaired) electrons. The predicted octanol–water partition coefficient (Wildman–Crippen LogP) is 4.24. The standard InChI is InChI=1S/C21H22BrF2N5O3/c22-14-12-27-20-18(14)17(2-4-25-20)32-19-15(23)10-13(11-16(19)24)28-21(30)26-3-1-5-29-6-8-31-9-7-29/h2,4,10-12H,1,3,5-9H2,(H,25,27)(H2,26,28,30). The number of aromatic amines is 1.